The second kappa shape index (κ2) is 27.7. The van der Waals surface area contributed by atoms with Crippen LogP contribution in [-0.4, -0.2) is 36.1 Å². The lowest BCUT2D eigenvalue weighted by molar-refractivity contribution is 0.101. The number of Topliss-reactive ketones (excluding diaryl/α,β-unsaturated/α-hetero) is 1. The number of aryl methyl sites for hydroxylation is 2. The van der Waals surface area contributed by atoms with E-state index in [9.17, 15) is 4.79 Å². The lowest BCUT2D eigenvalue weighted by Gasteiger charge is -2.18. The Hall–Kier alpha value is -2.81. The number of aliphatic hydroxyl groups excluding tert-OH is 1. The van der Waals surface area contributed by atoms with Crippen molar-refractivity contribution in [1.82, 2.24) is 0 Å². The van der Waals surface area contributed by atoms with Crippen LogP contribution in [0.1, 0.15) is 71.3 Å². The number of carbonyl (C=O) groups excluding carboxylic acids is 1. The van der Waals surface area contributed by atoms with Crippen LogP contribution in [0, 0.1) is 0 Å². The largest absolute Gasteiger partial charge is 0.493 e. The maximum Gasteiger partial charge on any atom is 0.161 e. The van der Waals surface area contributed by atoms with Gasteiger partial charge in [0.2, 0.25) is 0 Å². The average molecular weight is 849 g/mol. The van der Waals surface area contributed by atoms with Crippen LogP contribution in [0.3, 0.4) is 0 Å². The predicted octanol–water partition coefficient (Wildman–Crippen LogP) is 14.1. The highest BCUT2D eigenvalue weighted by atomic mass is 35.5. The number of aliphatic hydroxyl groups is 1. The van der Waals surface area contributed by atoms with Crippen LogP contribution in [-0.2, 0) is 19.4 Å². The fourth-order valence-electron chi connectivity index (χ4n) is 4.44. The number of ether oxygens (including phenoxy) is 2. The summed E-state index contributed by atoms with van der Waals surface area (Å²) in [5.41, 5.74) is 5.59. The molecule has 5 aromatic carbocycles. The topological polar surface area (TPSA) is 55.8 Å². The summed E-state index contributed by atoms with van der Waals surface area (Å²) in [5.74, 6) is 3.32. The Morgan fingerprint density at radius 2 is 1.07 bits per heavy atom. The van der Waals surface area contributed by atoms with Crippen molar-refractivity contribution in [2.75, 3.05) is 25.2 Å². The van der Waals surface area contributed by atoms with Crippen LogP contribution in [0.15, 0.2) is 115 Å². The van der Waals surface area contributed by atoms with E-state index < -0.39 is 0 Å². The van der Waals surface area contributed by atoms with E-state index in [0.29, 0.717) is 22.2 Å². The van der Waals surface area contributed by atoms with E-state index in [-0.39, 0.29) is 17.0 Å². The monoisotopic (exact) mass is 846 g/mol. The van der Waals surface area contributed by atoms with Gasteiger partial charge in [-0.1, -0.05) is 110 Å². The van der Waals surface area contributed by atoms with Gasteiger partial charge in [0, 0.05) is 31.4 Å². The minimum absolute atomic E-state index is 0.0664. The van der Waals surface area contributed by atoms with E-state index in [0.717, 1.165) is 57.9 Å². The van der Waals surface area contributed by atoms with Crippen molar-refractivity contribution in [2.45, 2.75) is 58.1 Å². The Balaban J connectivity index is 0.000000292. The SMILES string of the molecule is CC(=O)c1ccc(Cl)cc1.CCCSC(SCCO)c1ccc(OCc2ccc(Cl)cc2)c(OC)c1.CCc1ccc(Cl)cc1.CCc1ccc(Cl)cc1. The van der Waals surface area contributed by atoms with Gasteiger partial charge in [-0.3, -0.25) is 4.79 Å². The Morgan fingerprint density at radius 3 is 1.48 bits per heavy atom. The summed E-state index contributed by atoms with van der Waals surface area (Å²) >= 11 is 26.5. The van der Waals surface area contributed by atoms with Gasteiger partial charge in [-0.05, 0) is 127 Å². The molecule has 4 nitrogen and oxygen atoms in total. The van der Waals surface area contributed by atoms with Gasteiger partial charge in [-0.2, -0.15) is 0 Å². The summed E-state index contributed by atoms with van der Waals surface area (Å²) in [6, 6.07) is 36.4. The van der Waals surface area contributed by atoms with E-state index in [2.05, 4.69) is 26.8 Å². The molecule has 0 saturated heterocycles. The molecule has 0 spiro atoms. The van der Waals surface area contributed by atoms with E-state index in [4.69, 9.17) is 61.0 Å². The van der Waals surface area contributed by atoms with Crippen LogP contribution in [0.2, 0.25) is 20.1 Å². The van der Waals surface area contributed by atoms with E-state index in [1.165, 1.54) is 23.6 Å². The van der Waals surface area contributed by atoms with Crippen molar-refractivity contribution < 1.29 is 19.4 Å². The molecule has 1 atom stereocenters. The van der Waals surface area contributed by atoms with Gasteiger partial charge in [0.05, 0.1) is 18.3 Å². The van der Waals surface area contributed by atoms with Crippen molar-refractivity contribution in [2.24, 2.45) is 0 Å². The molecule has 0 aromatic heterocycles. The highest BCUT2D eigenvalue weighted by Crippen LogP contribution is 2.42. The van der Waals surface area contributed by atoms with Crippen LogP contribution in [0.25, 0.3) is 0 Å². The molecule has 0 amide bonds. The molecule has 1 N–H and O–H groups in total. The molecular formula is C44H50Cl4O4S2. The van der Waals surface area contributed by atoms with Gasteiger partial charge in [0.15, 0.2) is 17.3 Å². The fraction of sp³-hybridized carbons (Fsp3) is 0.295. The zero-order chi connectivity index (χ0) is 39.7. The highest BCUT2D eigenvalue weighted by molar-refractivity contribution is 8.16. The molecule has 5 rings (SSSR count). The van der Waals surface area contributed by atoms with Gasteiger partial charge in [0.1, 0.15) is 6.61 Å². The third-order valence-corrected chi connectivity index (χ3v) is 11.5. The van der Waals surface area contributed by atoms with Crippen molar-refractivity contribution in [1.29, 1.82) is 0 Å². The molecule has 10 heteroatoms. The van der Waals surface area contributed by atoms with E-state index >= 15 is 0 Å². The number of ketones is 1. The summed E-state index contributed by atoms with van der Waals surface area (Å²) in [7, 11) is 1.66. The molecule has 0 aliphatic rings. The van der Waals surface area contributed by atoms with Crippen molar-refractivity contribution in [3.05, 3.63) is 163 Å². The fourth-order valence-corrected chi connectivity index (χ4v) is 7.36. The number of carbonyl (C=O) groups is 1. The number of methoxy groups -OCH3 is 1. The zero-order valence-corrected chi connectivity index (χ0v) is 36.2. The Morgan fingerprint density at radius 1 is 0.630 bits per heavy atom. The van der Waals surface area contributed by atoms with Gasteiger partial charge < -0.3 is 14.6 Å². The van der Waals surface area contributed by atoms with Crippen LogP contribution in [0.5, 0.6) is 11.5 Å². The maximum absolute atomic E-state index is 10.7. The molecule has 0 bridgehead atoms. The van der Waals surface area contributed by atoms with Crippen molar-refractivity contribution >= 4 is 75.7 Å². The quantitative estimate of drug-likeness (QED) is 0.0887. The number of benzene rings is 5. The third-order valence-electron chi connectivity index (χ3n) is 7.50. The first-order valence-electron chi connectivity index (χ1n) is 17.7. The summed E-state index contributed by atoms with van der Waals surface area (Å²) in [4.78, 5) is 10.7. The molecule has 54 heavy (non-hydrogen) atoms. The summed E-state index contributed by atoms with van der Waals surface area (Å²) in [5, 5.41) is 12.1. The minimum atomic E-state index is 0.0664. The van der Waals surface area contributed by atoms with Gasteiger partial charge >= 0.3 is 0 Å². The molecule has 0 saturated carbocycles. The first kappa shape index (κ1) is 47.3. The maximum atomic E-state index is 10.7. The lowest BCUT2D eigenvalue weighted by Crippen LogP contribution is -2.00. The summed E-state index contributed by atoms with van der Waals surface area (Å²) in [6.45, 7) is 8.61. The normalized spacial score (nSPS) is 10.7. The minimum Gasteiger partial charge on any atom is -0.493 e. The molecular weight excluding hydrogens is 798 g/mol. The smallest absolute Gasteiger partial charge is 0.161 e. The number of rotatable bonds is 14. The summed E-state index contributed by atoms with van der Waals surface area (Å²) < 4.78 is 11.7. The lowest BCUT2D eigenvalue weighted by atomic mass is 10.2. The Kier molecular flexibility index (Phi) is 24.3. The Bertz CT molecular complexity index is 1700. The predicted molar refractivity (Wildman–Crippen MR) is 237 cm³/mol. The van der Waals surface area contributed by atoms with Gasteiger partial charge in [-0.25, -0.2) is 0 Å². The van der Waals surface area contributed by atoms with Gasteiger partial charge in [0.25, 0.3) is 0 Å². The molecule has 0 fully saturated rings. The average Bonchev–Trinajstić information content (AvgIpc) is 3.19. The first-order valence-corrected chi connectivity index (χ1v) is 21.3. The molecule has 0 aliphatic carbocycles. The molecule has 1 unspecified atom stereocenters. The number of hydrogen-bond donors (Lipinski definition) is 1. The molecule has 5 aromatic rings. The van der Waals surface area contributed by atoms with Crippen LogP contribution >= 0.6 is 69.9 Å². The molecule has 0 aliphatic heterocycles. The highest BCUT2D eigenvalue weighted by Gasteiger charge is 2.15. The number of thioether (sulfide) groups is 2. The second-order valence-corrected chi connectivity index (χ2v) is 16.1. The Labute approximate surface area is 350 Å². The van der Waals surface area contributed by atoms with Crippen LogP contribution < -0.4 is 9.47 Å². The molecule has 0 heterocycles. The number of halogens is 4. The van der Waals surface area contributed by atoms with E-state index in [1.54, 1.807) is 43.1 Å². The van der Waals surface area contributed by atoms with Gasteiger partial charge in [-0.15, -0.1) is 23.5 Å². The standard InChI is InChI=1S/C20H25ClO3S2.C8H7ClO.2C8H9Cl/c1-3-11-25-20(26-12-10-22)16-6-9-18(19(13-16)23-2)24-14-15-4-7-17(21)8-5-15;1-6(10)7-2-4-8(9)5-3-7;2*1-2-7-3-5-8(9)6-4-7/h4-9,13,20,22H,3,10-12,14H2,1-2H3;2-5H,1H3;2*3-6H,2H2,1H3. The molecule has 0 radical (unpaired) electrons. The molecule has 290 valence electrons. The second-order valence-electron chi connectivity index (χ2n) is 11.6. The summed E-state index contributed by atoms with van der Waals surface area (Å²) in [6.07, 6.45) is 3.29. The van der Waals surface area contributed by atoms with Crippen molar-refractivity contribution in [3.8, 4) is 11.5 Å². The first-order chi connectivity index (χ1) is 26.0. The van der Waals surface area contributed by atoms with Crippen molar-refractivity contribution in [3.63, 3.8) is 0 Å². The zero-order valence-electron chi connectivity index (χ0n) is 31.5. The van der Waals surface area contributed by atoms with E-state index in [1.807, 2.05) is 96.7 Å². The third kappa shape index (κ3) is 19.2. The number of hydrogen-bond acceptors (Lipinski definition) is 6. The van der Waals surface area contributed by atoms with Crippen LogP contribution in [0.4, 0.5) is 0 Å².